The standard InChI is InChI=1S/C25H19N/c1-17-12-14-21(19-10-6-3-7-11-19)24-22-15-13-20(16-23(22)26-25(17)24)18-8-4-2-5-9-18/h2-16,26H,1H3. The van der Waals surface area contributed by atoms with Gasteiger partial charge in [-0.1, -0.05) is 84.9 Å². The van der Waals surface area contributed by atoms with E-state index < -0.39 is 0 Å². The first kappa shape index (κ1) is 15.0. The lowest BCUT2D eigenvalue weighted by Gasteiger charge is -2.06. The lowest BCUT2D eigenvalue weighted by atomic mass is 9.96. The quantitative estimate of drug-likeness (QED) is 0.359. The second-order valence-electron chi connectivity index (χ2n) is 6.80. The molecule has 1 heteroatoms. The van der Waals surface area contributed by atoms with E-state index in [1.54, 1.807) is 0 Å². The van der Waals surface area contributed by atoms with Crippen LogP contribution < -0.4 is 0 Å². The molecule has 0 fully saturated rings. The fourth-order valence-electron chi connectivity index (χ4n) is 3.82. The molecule has 0 saturated carbocycles. The van der Waals surface area contributed by atoms with E-state index >= 15 is 0 Å². The molecular formula is C25H19N. The molecule has 1 nitrogen and oxygen atoms in total. The number of rotatable bonds is 2. The van der Waals surface area contributed by atoms with E-state index in [1.165, 1.54) is 49.6 Å². The van der Waals surface area contributed by atoms with Gasteiger partial charge in [-0.05, 0) is 40.8 Å². The van der Waals surface area contributed by atoms with Gasteiger partial charge in [0.1, 0.15) is 0 Å². The van der Waals surface area contributed by atoms with Crippen molar-refractivity contribution in [1.29, 1.82) is 0 Å². The first-order valence-corrected chi connectivity index (χ1v) is 8.97. The minimum atomic E-state index is 1.19. The summed E-state index contributed by atoms with van der Waals surface area (Å²) in [5, 5.41) is 2.59. The van der Waals surface area contributed by atoms with Crippen LogP contribution in [-0.4, -0.2) is 4.98 Å². The predicted octanol–water partition coefficient (Wildman–Crippen LogP) is 6.96. The molecular weight excluding hydrogens is 314 g/mol. The van der Waals surface area contributed by atoms with Gasteiger partial charge in [0.15, 0.2) is 0 Å². The van der Waals surface area contributed by atoms with Crippen molar-refractivity contribution in [2.75, 3.05) is 0 Å². The van der Waals surface area contributed by atoms with Crippen LogP contribution in [0.15, 0.2) is 91.0 Å². The third-order valence-electron chi connectivity index (χ3n) is 5.15. The third kappa shape index (κ3) is 2.33. The molecule has 0 saturated heterocycles. The Bertz CT molecular complexity index is 1210. The van der Waals surface area contributed by atoms with Gasteiger partial charge in [0, 0.05) is 16.3 Å². The number of aromatic amines is 1. The van der Waals surface area contributed by atoms with Gasteiger partial charge in [0.2, 0.25) is 0 Å². The van der Waals surface area contributed by atoms with Crippen molar-refractivity contribution in [3.63, 3.8) is 0 Å². The van der Waals surface area contributed by atoms with Crippen LogP contribution >= 0.6 is 0 Å². The molecule has 0 bridgehead atoms. The average molecular weight is 333 g/mol. The van der Waals surface area contributed by atoms with Gasteiger partial charge in [-0.15, -0.1) is 0 Å². The smallest absolute Gasteiger partial charge is 0.0500 e. The molecule has 4 aromatic carbocycles. The summed E-state index contributed by atoms with van der Waals surface area (Å²) < 4.78 is 0. The molecule has 0 amide bonds. The summed E-state index contributed by atoms with van der Waals surface area (Å²) in [5.41, 5.74) is 8.71. The molecule has 1 N–H and O–H groups in total. The van der Waals surface area contributed by atoms with Crippen LogP contribution in [0.1, 0.15) is 5.56 Å². The number of hydrogen-bond donors (Lipinski definition) is 1. The number of aryl methyl sites for hydroxylation is 1. The normalized spacial score (nSPS) is 11.3. The second-order valence-corrected chi connectivity index (χ2v) is 6.80. The fraction of sp³-hybridized carbons (Fsp3) is 0.0400. The van der Waals surface area contributed by atoms with Crippen LogP contribution in [0.5, 0.6) is 0 Å². The lowest BCUT2D eigenvalue weighted by molar-refractivity contribution is 1.45. The molecule has 0 atom stereocenters. The van der Waals surface area contributed by atoms with Crippen molar-refractivity contribution in [1.82, 2.24) is 4.98 Å². The Morgan fingerprint density at radius 3 is 2.04 bits per heavy atom. The summed E-state index contributed by atoms with van der Waals surface area (Å²) in [6, 6.07) is 32.4. The first-order valence-electron chi connectivity index (χ1n) is 8.97. The summed E-state index contributed by atoms with van der Waals surface area (Å²) in [5.74, 6) is 0. The molecule has 0 aliphatic carbocycles. The molecule has 1 aromatic heterocycles. The highest BCUT2D eigenvalue weighted by Crippen LogP contribution is 2.37. The summed E-state index contributed by atoms with van der Waals surface area (Å²) >= 11 is 0. The summed E-state index contributed by atoms with van der Waals surface area (Å²) in [6.45, 7) is 2.17. The second kappa shape index (κ2) is 5.89. The van der Waals surface area contributed by atoms with E-state index in [4.69, 9.17) is 0 Å². The van der Waals surface area contributed by atoms with Crippen molar-refractivity contribution >= 4 is 21.8 Å². The summed E-state index contributed by atoms with van der Waals surface area (Å²) in [4.78, 5) is 3.67. The minimum absolute atomic E-state index is 1.19. The Labute approximate surface area is 152 Å². The zero-order valence-corrected chi connectivity index (χ0v) is 14.7. The van der Waals surface area contributed by atoms with E-state index in [-0.39, 0.29) is 0 Å². The van der Waals surface area contributed by atoms with Crippen LogP contribution in [0.3, 0.4) is 0 Å². The first-order chi connectivity index (χ1) is 12.8. The molecule has 0 radical (unpaired) electrons. The van der Waals surface area contributed by atoms with E-state index in [9.17, 15) is 0 Å². The van der Waals surface area contributed by atoms with Crippen molar-refractivity contribution in [3.8, 4) is 22.3 Å². The molecule has 0 unspecified atom stereocenters. The van der Waals surface area contributed by atoms with Gasteiger partial charge in [-0.25, -0.2) is 0 Å². The minimum Gasteiger partial charge on any atom is -0.354 e. The Morgan fingerprint density at radius 1 is 0.615 bits per heavy atom. The Morgan fingerprint density at radius 2 is 1.31 bits per heavy atom. The molecule has 124 valence electrons. The van der Waals surface area contributed by atoms with Crippen molar-refractivity contribution < 1.29 is 0 Å². The zero-order chi connectivity index (χ0) is 17.5. The third-order valence-corrected chi connectivity index (χ3v) is 5.15. The molecule has 5 rings (SSSR count). The molecule has 5 aromatic rings. The highest BCUT2D eigenvalue weighted by atomic mass is 14.7. The van der Waals surface area contributed by atoms with Gasteiger partial charge in [0.25, 0.3) is 0 Å². The van der Waals surface area contributed by atoms with Gasteiger partial charge in [-0.2, -0.15) is 0 Å². The maximum Gasteiger partial charge on any atom is 0.0500 e. The van der Waals surface area contributed by atoms with Crippen LogP contribution in [0.2, 0.25) is 0 Å². The lowest BCUT2D eigenvalue weighted by Crippen LogP contribution is -1.82. The summed E-state index contributed by atoms with van der Waals surface area (Å²) in [6.07, 6.45) is 0. The van der Waals surface area contributed by atoms with Crippen molar-refractivity contribution in [2.24, 2.45) is 0 Å². The number of hydrogen-bond acceptors (Lipinski definition) is 0. The van der Waals surface area contributed by atoms with E-state index in [0.717, 1.165) is 0 Å². The van der Waals surface area contributed by atoms with E-state index in [2.05, 4.69) is 103 Å². The Hall–Kier alpha value is -3.32. The van der Waals surface area contributed by atoms with Gasteiger partial charge < -0.3 is 4.98 Å². The molecule has 26 heavy (non-hydrogen) atoms. The monoisotopic (exact) mass is 333 g/mol. The SMILES string of the molecule is Cc1ccc(-c2ccccc2)c2c1[nH]c1cc(-c3ccccc3)ccc12. The van der Waals surface area contributed by atoms with Crippen LogP contribution in [0.4, 0.5) is 0 Å². The van der Waals surface area contributed by atoms with Crippen molar-refractivity contribution in [3.05, 3.63) is 96.6 Å². The Kier molecular flexibility index (Phi) is 3.39. The van der Waals surface area contributed by atoms with Crippen LogP contribution in [-0.2, 0) is 0 Å². The van der Waals surface area contributed by atoms with E-state index in [0.29, 0.717) is 0 Å². The van der Waals surface area contributed by atoms with E-state index in [1.807, 2.05) is 0 Å². The van der Waals surface area contributed by atoms with Crippen LogP contribution in [0.25, 0.3) is 44.1 Å². The maximum atomic E-state index is 3.67. The van der Waals surface area contributed by atoms with Gasteiger partial charge in [0.05, 0.1) is 5.52 Å². The number of fused-ring (bicyclic) bond motifs is 3. The van der Waals surface area contributed by atoms with Crippen molar-refractivity contribution in [2.45, 2.75) is 6.92 Å². The fourth-order valence-corrected chi connectivity index (χ4v) is 3.82. The number of aromatic nitrogens is 1. The molecule has 0 aliphatic heterocycles. The number of benzene rings is 4. The zero-order valence-electron chi connectivity index (χ0n) is 14.7. The molecule has 1 heterocycles. The molecule has 0 aliphatic rings. The van der Waals surface area contributed by atoms with Crippen LogP contribution in [0, 0.1) is 6.92 Å². The summed E-state index contributed by atoms with van der Waals surface area (Å²) in [7, 11) is 0. The molecule has 0 spiro atoms. The highest BCUT2D eigenvalue weighted by molar-refractivity contribution is 6.15. The topological polar surface area (TPSA) is 15.8 Å². The largest absolute Gasteiger partial charge is 0.354 e. The average Bonchev–Trinajstić information content (AvgIpc) is 3.09. The predicted molar refractivity (Wildman–Crippen MR) is 111 cm³/mol. The van der Waals surface area contributed by atoms with Gasteiger partial charge >= 0.3 is 0 Å². The number of H-pyrrole nitrogens is 1. The number of nitrogens with one attached hydrogen (secondary N) is 1. The highest BCUT2D eigenvalue weighted by Gasteiger charge is 2.13. The van der Waals surface area contributed by atoms with Gasteiger partial charge in [-0.3, -0.25) is 0 Å². The Balaban J connectivity index is 1.81. The maximum absolute atomic E-state index is 3.67.